The third-order valence-corrected chi connectivity index (χ3v) is 7.23. The summed E-state index contributed by atoms with van der Waals surface area (Å²) in [6.07, 6.45) is 6.66. The van der Waals surface area contributed by atoms with Crippen molar-refractivity contribution in [2.45, 2.75) is 44.9 Å². The summed E-state index contributed by atoms with van der Waals surface area (Å²) in [5.74, 6) is 2.37. The van der Waals surface area contributed by atoms with Crippen molar-refractivity contribution in [2.75, 3.05) is 23.4 Å². The topological polar surface area (TPSA) is 41.6 Å². The van der Waals surface area contributed by atoms with Crippen molar-refractivity contribution in [3.8, 4) is 16.9 Å². The number of nitrogens with one attached hydrogen (secondary N) is 1. The second kappa shape index (κ2) is 9.70. The van der Waals surface area contributed by atoms with E-state index in [-0.39, 0.29) is 6.03 Å². The summed E-state index contributed by atoms with van der Waals surface area (Å²) in [6, 6.07) is 24.6. The molecule has 1 fully saturated rings. The van der Waals surface area contributed by atoms with E-state index in [0.29, 0.717) is 19.1 Å². The molecular weight excluding hydrogens is 408 g/mol. The molecule has 0 bridgehead atoms. The molecule has 0 saturated heterocycles. The zero-order chi connectivity index (χ0) is 22.6. The quantitative estimate of drug-likeness (QED) is 0.457. The molecule has 1 N–H and O–H groups in total. The van der Waals surface area contributed by atoms with Gasteiger partial charge in [0.05, 0.1) is 12.2 Å². The molecule has 1 aliphatic carbocycles. The summed E-state index contributed by atoms with van der Waals surface area (Å²) in [5, 5.41) is 2.97. The number of hydrogen-bond acceptors (Lipinski definition) is 2. The van der Waals surface area contributed by atoms with Gasteiger partial charge in [-0.15, -0.1) is 0 Å². The van der Waals surface area contributed by atoms with E-state index >= 15 is 0 Å². The van der Waals surface area contributed by atoms with Gasteiger partial charge in [-0.05, 0) is 78.5 Å². The van der Waals surface area contributed by atoms with E-state index in [1.807, 2.05) is 36.4 Å². The summed E-state index contributed by atoms with van der Waals surface area (Å²) in [6.45, 7) is 3.33. The van der Waals surface area contributed by atoms with Crippen LogP contribution in [-0.2, 0) is 0 Å². The highest BCUT2D eigenvalue weighted by molar-refractivity contribution is 6.03. The Morgan fingerprint density at radius 2 is 1.67 bits per heavy atom. The van der Waals surface area contributed by atoms with E-state index in [9.17, 15) is 4.79 Å². The number of hydrogen-bond donors (Lipinski definition) is 1. The summed E-state index contributed by atoms with van der Waals surface area (Å²) in [5.41, 5.74) is 5.35. The molecule has 0 atom stereocenters. The zero-order valence-corrected chi connectivity index (χ0v) is 19.3. The van der Waals surface area contributed by atoms with Gasteiger partial charge in [0.25, 0.3) is 0 Å². The van der Waals surface area contributed by atoms with Crippen LogP contribution in [0.1, 0.15) is 50.5 Å². The van der Waals surface area contributed by atoms with Crippen LogP contribution >= 0.6 is 0 Å². The molecule has 1 heterocycles. The molecule has 0 aromatic heterocycles. The number of benzene rings is 3. The van der Waals surface area contributed by atoms with Crippen LogP contribution in [0.15, 0.2) is 72.8 Å². The molecule has 2 aliphatic rings. The van der Waals surface area contributed by atoms with Crippen LogP contribution < -0.4 is 15.0 Å². The van der Waals surface area contributed by atoms with Crippen LogP contribution in [0.4, 0.5) is 16.2 Å². The van der Waals surface area contributed by atoms with Crippen molar-refractivity contribution >= 4 is 17.4 Å². The minimum atomic E-state index is -0.138. The fourth-order valence-electron chi connectivity index (χ4n) is 5.17. The van der Waals surface area contributed by atoms with E-state index in [1.165, 1.54) is 43.2 Å². The number of ether oxygens (including phenoxy) is 1. The highest BCUT2D eigenvalue weighted by atomic mass is 16.5. The zero-order valence-electron chi connectivity index (χ0n) is 19.3. The SMILES string of the molecule is CCC1CCC(c2ccc(-c3ccc4c(c3)OCCN4C(=O)Nc3ccccc3)cc2)CC1. The number of rotatable bonds is 4. The first kappa shape index (κ1) is 21.6. The van der Waals surface area contributed by atoms with Crippen molar-refractivity contribution < 1.29 is 9.53 Å². The molecule has 4 heteroatoms. The Balaban J connectivity index is 1.30. The highest BCUT2D eigenvalue weighted by Crippen LogP contribution is 2.39. The van der Waals surface area contributed by atoms with E-state index in [1.54, 1.807) is 4.90 Å². The molecule has 170 valence electrons. The van der Waals surface area contributed by atoms with Crippen molar-refractivity contribution in [3.63, 3.8) is 0 Å². The van der Waals surface area contributed by atoms with Gasteiger partial charge in [-0.1, -0.05) is 61.9 Å². The van der Waals surface area contributed by atoms with Gasteiger partial charge < -0.3 is 10.1 Å². The number of carbonyl (C=O) groups is 1. The molecule has 5 rings (SSSR count). The second-order valence-electron chi connectivity index (χ2n) is 9.23. The predicted molar refractivity (Wildman–Crippen MR) is 135 cm³/mol. The Morgan fingerprint density at radius 1 is 0.939 bits per heavy atom. The third kappa shape index (κ3) is 4.75. The summed E-state index contributed by atoms with van der Waals surface area (Å²) in [7, 11) is 0. The van der Waals surface area contributed by atoms with Crippen LogP contribution in [0.25, 0.3) is 11.1 Å². The third-order valence-electron chi connectivity index (χ3n) is 7.23. The van der Waals surface area contributed by atoms with Gasteiger partial charge in [-0.2, -0.15) is 0 Å². The predicted octanol–water partition coefficient (Wildman–Crippen LogP) is 7.47. The first-order valence-corrected chi connectivity index (χ1v) is 12.2. The number of nitrogens with zero attached hydrogens (tertiary/aromatic N) is 1. The molecule has 1 saturated carbocycles. The maximum Gasteiger partial charge on any atom is 0.326 e. The van der Waals surface area contributed by atoms with Crippen LogP contribution in [0.5, 0.6) is 5.75 Å². The first-order chi connectivity index (χ1) is 16.2. The number of carbonyl (C=O) groups excluding carboxylic acids is 1. The number of anilines is 2. The standard InChI is InChI=1S/C29H32N2O2/c1-2-21-8-10-22(11-9-21)23-12-14-24(15-13-23)25-16-17-27-28(20-25)33-19-18-31(27)29(32)30-26-6-4-3-5-7-26/h3-7,12-17,20-22H,2,8-11,18-19H2,1H3,(H,30,32). The highest BCUT2D eigenvalue weighted by Gasteiger charge is 2.25. The smallest absolute Gasteiger partial charge is 0.326 e. The Bertz CT molecular complexity index is 1090. The minimum absolute atomic E-state index is 0.138. The molecule has 0 radical (unpaired) electrons. The van der Waals surface area contributed by atoms with Crippen molar-refractivity contribution in [3.05, 3.63) is 78.4 Å². The van der Waals surface area contributed by atoms with Crippen molar-refractivity contribution in [1.29, 1.82) is 0 Å². The average molecular weight is 441 g/mol. The monoisotopic (exact) mass is 440 g/mol. The molecule has 3 aromatic carbocycles. The molecule has 2 amide bonds. The Hall–Kier alpha value is -3.27. The fraction of sp³-hybridized carbons (Fsp3) is 0.345. The van der Waals surface area contributed by atoms with Gasteiger partial charge in [0.15, 0.2) is 0 Å². The lowest BCUT2D eigenvalue weighted by Crippen LogP contribution is -2.40. The average Bonchev–Trinajstić information content (AvgIpc) is 2.89. The van der Waals surface area contributed by atoms with Gasteiger partial charge in [-0.3, -0.25) is 4.90 Å². The molecule has 4 nitrogen and oxygen atoms in total. The van der Waals surface area contributed by atoms with Crippen LogP contribution in [0.3, 0.4) is 0 Å². The van der Waals surface area contributed by atoms with Crippen LogP contribution in [-0.4, -0.2) is 19.2 Å². The van der Waals surface area contributed by atoms with Crippen molar-refractivity contribution in [2.24, 2.45) is 5.92 Å². The lowest BCUT2D eigenvalue weighted by atomic mass is 9.77. The number of para-hydroxylation sites is 1. The Labute approximate surface area is 196 Å². The molecular formula is C29H32N2O2. The Morgan fingerprint density at radius 3 is 2.39 bits per heavy atom. The van der Waals surface area contributed by atoms with Gasteiger partial charge in [0.1, 0.15) is 12.4 Å². The number of amides is 2. The molecule has 1 aliphatic heterocycles. The van der Waals surface area contributed by atoms with Crippen LogP contribution in [0.2, 0.25) is 0 Å². The van der Waals surface area contributed by atoms with Gasteiger partial charge in [-0.25, -0.2) is 4.79 Å². The maximum atomic E-state index is 12.9. The molecule has 0 spiro atoms. The fourth-order valence-corrected chi connectivity index (χ4v) is 5.17. The van der Waals surface area contributed by atoms with Gasteiger partial charge in [0.2, 0.25) is 0 Å². The maximum absolute atomic E-state index is 12.9. The Kier molecular flexibility index (Phi) is 6.34. The van der Waals surface area contributed by atoms with Gasteiger partial charge in [0, 0.05) is 5.69 Å². The lowest BCUT2D eigenvalue weighted by Gasteiger charge is -2.30. The van der Waals surface area contributed by atoms with E-state index in [2.05, 4.69) is 48.6 Å². The summed E-state index contributed by atoms with van der Waals surface area (Å²) >= 11 is 0. The normalized spacial score (nSPS) is 20.0. The van der Waals surface area contributed by atoms with Crippen molar-refractivity contribution in [1.82, 2.24) is 0 Å². The lowest BCUT2D eigenvalue weighted by molar-refractivity contribution is 0.250. The first-order valence-electron chi connectivity index (χ1n) is 12.2. The van der Waals surface area contributed by atoms with Crippen LogP contribution in [0, 0.1) is 5.92 Å². The summed E-state index contributed by atoms with van der Waals surface area (Å²) < 4.78 is 5.93. The van der Waals surface area contributed by atoms with E-state index < -0.39 is 0 Å². The molecule has 3 aromatic rings. The largest absolute Gasteiger partial charge is 0.490 e. The molecule has 33 heavy (non-hydrogen) atoms. The molecule has 0 unspecified atom stereocenters. The second-order valence-corrected chi connectivity index (χ2v) is 9.23. The minimum Gasteiger partial charge on any atom is -0.490 e. The number of fused-ring (bicyclic) bond motifs is 1. The number of urea groups is 1. The van der Waals surface area contributed by atoms with E-state index in [4.69, 9.17) is 4.74 Å². The van der Waals surface area contributed by atoms with Gasteiger partial charge >= 0.3 is 6.03 Å². The van der Waals surface area contributed by atoms with E-state index in [0.717, 1.165) is 28.6 Å². The summed E-state index contributed by atoms with van der Waals surface area (Å²) in [4.78, 5) is 14.6.